The maximum atomic E-state index is 12.9. The van der Waals surface area contributed by atoms with Gasteiger partial charge in [-0.2, -0.15) is 0 Å². The van der Waals surface area contributed by atoms with E-state index in [4.69, 9.17) is 0 Å². The second-order valence-corrected chi connectivity index (χ2v) is 8.23. The quantitative estimate of drug-likeness (QED) is 0.658. The van der Waals surface area contributed by atoms with Gasteiger partial charge in [0.1, 0.15) is 0 Å². The van der Waals surface area contributed by atoms with Crippen molar-refractivity contribution in [1.82, 2.24) is 14.8 Å². The number of aromatic nitrogens is 3. The summed E-state index contributed by atoms with van der Waals surface area (Å²) in [6, 6.07) is 12.2. The molecule has 25 heavy (non-hydrogen) atoms. The number of carbonyl (C=O) groups is 1. The summed E-state index contributed by atoms with van der Waals surface area (Å²) in [4.78, 5) is 15.9. The minimum atomic E-state index is -0.217. The van der Waals surface area contributed by atoms with Crippen LogP contribution >= 0.6 is 23.1 Å². The van der Waals surface area contributed by atoms with Crippen molar-refractivity contribution in [1.29, 1.82) is 0 Å². The molecule has 0 spiro atoms. The average molecular weight is 371 g/mol. The van der Waals surface area contributed by atoms with Crippen molar-refractivity contribution in [2.24, 2.45) is 7.05 Å². The van der Waals surface area contributed by atoms with Gasteiger partial charge in [0.25, 0.3) is 0 Å². The fourth-order valence-electron chi connectivity index (χ4n) is 3.03. The van der Waals surface area contributed by atoms with Gasteiger partial charge in [-0.05, 0) is 36.4 Å². The predicted octanol–water partition coefficient (Wildman–Crippen LogP) is 3.61. The molecule has 0 saturated carbocycles. The van der Waals surface area contributed by atoms with E-state index in [0.717, 1.165) is 34.5 Å². The second-order valence-electron chi connectivity index (χ2n) is 5.97. The summed E-state index contributed by atoms with van der Waals surface area (Å²) in [6.45, 7) is 2.69. The predicted molar refractivity (Wildman–Crippen MR) is 102 cm³/mol. The standard InChI is InChI=1S/C18H18N4OS2/c1-12(17(23)22-10-9-13-6-3-4-7-14(13)22)25-18-20-19-16(21(18)2)15-8-5-11-24-15/h3-8,11-12H,9-10H2,1-2H3/t12-/m0/s1. The zero-order valence-electron chi connectivity index (χ0n) is 14.0. The van der Waals surface area contributed by atoms with Crippen LogP contribution in [0, 0.1) is 0 Å². The number of hydrogen-bond donors (Lipinski definition) is 0. The van der Waals surface area contributed by atoms with Crippen molar-refractivity contribution in [3.63, 3.8) is 0 Å². The molecule has 0 N–H and O–H groups in total. The molecular weight excluding hydrogens is 352 g/mol. The molecule has 1 atom stereocenters. The van der Waals surface area contributed by atoms with Crippen molar-refractivity contribution in [3.8, 4) is 10.7 Å². The van der Waals surface area contributed by atoms with E-state index < -0.39 is 0 Å². The number of hydrogen-bond acceptors (Lipinski definition) is 5. The first kappa shape index (κ1) is 16.4. The third-order valence-corrected chi connectivity index (χ3v) is 6.35. The zero-order chi connectivity index (χ0) is 17.4. The smallest absolute Gasteiger partial charge is 0.240 e. The Morgan fingerprint density at radius 1 is 1.24 bits per heavy atom. The lowest BCUT2D eigenvalue weighted by atomic mass is 10.2. The topological polar surface area (TPSA) is 51.0 Å². The Kier molecular flexibility index (Phi) is 4.35. The van der Waals surface area contributed by atoms with E-state index in [-0.39, 0.29) is 11.2 Å². The van der Waals surface area contributed by atoms with Crippen LogP contribution in [0.25, 0.3) is 10.7 Å². The maximum absolute atomic E-state index is 12.9. The van der Waals surface area contributed by atoms with E-state index in [2.05, 4.69) is 16.3 Å². The van der Waals surface area contributed by atoms with Gasteiger partial charge in [-0.15, -0.1) is 21.5 Å². The molecule has 1 aliphatic rings. The molecule has 1 amide bonds. The van der Waals surface area contributed by atoms with E-state index in [0.29, 0.717) is 0 Å². The SMILES string of the molecule is C[C@H](Sc1nnc(-c2cccs2)n1C)C(=O)N1CCc2ccccc21. The van der Waals surface area contributed by atoms with Crippen LogP contribution in [0.4, 0.5) is 5.69 Å². The van der Waals surface area contributed by atoms with Gasteiger partial charge < -0.3 is 9.47 Å². The minimum absolute atomic E-state index is 0.121. The monoisotopic (exact) mass is 370 g/mol. The lowest BCUT2D eigenvalue weighted by Gasteiger charge is -2.21. The Bertz CT molecular complexity index is 904. The average Bonchev–Trinajstić information content (AvgIpc) is 3.35. The maximum Gasteiger partial charge on any atom is 0.240 e. The summed E-state index contributed by atoms with van der Waals surface area (Å²) in [5.74, 6) is 0.958. The summed E-state index contributed by atoms with van der Waals surface area (Å²) < 4.78 is 1.96. The van der Waals surface area contributed by atoms with Crippen molar-refractivity contribution in [3.05, 3.63) is 47.3 Å². The van der Waals surface area contributed by atoms with Crippen LogP contribution in [0.15, 0.2) is 46.9 Å². The number of thiophene rings is 1. The second kappa shape index (κ2) is 6.65. The van der Waals surface area contributed by atoms with Gasteiger partial charge in [-0.3, -0.25) is 4.79 Å². The van der Waals surface area contributed by atoms with Crippen molar-refractivity contribution >= 4 is 34.7 Å². The fourth-order valence-corrected chi connectivity index (χ4v) is 4.65. The highest BCUT2D eigenvalue weighted by atomic mass is 32.2. The number of rotatable bonds is 4. The van der Waals surface area contributed by atoms with Crippen LogP contribution in [-0.2, 0) is 18.3 Å². The molecule has 3 heterocycles. The summed E-state index contributed by atoms with van der Waals surface area (Å²) in [6.07, 6.45) is 0.922. The first-order valence-electron chi connectivity index (χ1n) is 8.14. The van der Waals surface area contributed by atoms with Crippen molar-refractivity contribution in [2.45, 2.75) is 23.8 Å². The van der Waals surface area contributed by atoms with Gasteiger partial charge in [0, 0.05) is 19.3 Å². The van der Waals surface area contributed by atoms with E-state index in [1.807, 2.05) is 59.2 Å². The number of carbonyl (C=O) groups excluding carboxylic acids is 1. The largest absolute Gasteiger partial charge is 0.311 e. The van der Waals surface area contributed by atoms with Gasteiger partial charge >= 0.3 is 0 Å². The highest BCUT2D eigenvalue weighted by Gasteiger charge is 2.29. The molecule has 7 heteroatoms. The zero-order valence-corrected chi connectivity index (χ0v) is 15.7. The number of amides is 1. The number of nitrogens with zero attached hydrogens (tertiary/aromatic N) is 4. The van der Waals surface area contributed by atoms with Gasteiger partial charge in [-0.1, -0.05) is 36.0 Å². The molecule has 0 unspecified atom stereocenters. The van der Waals surface area contributed by atoms with Crippen LogP contribution in [0.5, 0.6) is 0 Å². The third kappa shape index (κ3) is 2.98. The highest BCUT2D eigenvalue weighted by molar-refractivity contribution is 8.00. The normalized spacial score (nSPS) is 14.6. The molecule has 2 aromatic heterocycles. The van der Waals surface area contributed by atoms with Crippen molar-refractivity contribution < 1.29 is 4.79 Å². The molecule has 0 radical (unpaired) electrons. The minimum Gasteiger partial charge on any atom is -0.311 e. The number of anilines is 1. The molecule has 1 aromatic carbocycles. The van der Waals surface area contributed by atoms with E-state index in [1.54, 1.807) is 11.3 Å². The van der Waals surface area contributed by atoms with E-state index >= 15 is 0 Å². The molecule has 3 aromatic rings. The highest BCUT2D eigenvalue weighted by Crippen LogP contribution is 2.32. The van der Waals surface area contributed by atoms with Crippen LogP contribution in [0.2, 0.25) is 0 Å². The third-order valence-electron chi connectivity index (χ3n) is 4.36. The van der Waals surface area contributed by atoms with Gasteiger partial charge in [0.15, 0.2) is 11.0 Å². The lowest BCUT2D eigenvalue weighted by molar-refractivity contribution is -0.117. The van der Waals surface area contributed by atoms with E-state index in [1.165, 1.54) is 17.3 Å². The molecule has 1 aliphatic heterocycles. The van der Waals surface area contributed by atoms with Crippen LogP contribution in [0.1, 0.15) is 12.5 Å². The van der Waals surface area contributed by atoms with Gasteiger partial charge in [0.05, 0.1) is 10.1 Å². The summed E-state index contributed by atoms with van der Waals surface area (Å²) >= 11 is 3.09. The van der Waals surface area contributed by atoms with E-state index in [9.17, 15) is 4.79 Å². The molecule has 0 fully saturated rings. The Morgan fingerprint density at radius 3 is 2.88 bits per heavy atom. The number of para-hydroxylation sites is 1. The summed E-state index contributed by atoms with van der Waals surface area (Å²) in [5.41, 5.74) is 2.28. The molecule has 0 bridgehead atoms. The first-order valence-corrected chi connectivity index (χ1v) is 9.90. The molecule has 128 valence electrons. The molecular formula is C18H18N4OS2. The number of thioether (sulfide) groups is 1. The Morgan fingerprint density at radius 2 is 2.08 bits per heavy atom. The van der Waals surface area contributed by atoms with Crippen LogP contribution in [-0.4, -0.2) is 32.5 Å². The van der Waals surface area contributed by atoms with Gasteiger partial charge in [0.2, 0.25) is 5.91 Å². The first-order chi connectivity index (χ1) is 12.1. The number of benzene rings is 1. The molecule has 5 nitrogen and oxygen atoms in total. The Balaban J connectivity index is 1.51. The van der Waals surface area contributed by atoms with Crippen LogP contribution < -0.4 is 4.90 Å². The molecule has 0 aliphatic carbocycles. The Hall–Kier alpha value is -2.12. The summed E-state index contributed by atoms with van der Waals surface area (Å²) in [7, 11) is 1.94. The van der Waals surface area contributed by atoms with Crippen molar-refractivity contribution in [2.75, 3.05) is 11.4 Å². The fraction of sp³-hybridized carbons (Fsp3) is 0.278. The molecule has 4 rings (SSSR count). The molecule has 0 saturated heterocycles. The van der Waals surface area contributed by atoms with Gasteiger partial charge in [-0.25, -0.2) is 0 Å². The number of fused-ring (bicyclic) bond motifs is 1. The van der Waals surface area contributed by atoms with Crippen LogP contribution in [0.3, 0.4) is 0 Å². The lowest BCUT2D eigenvalue weighted by Crippen LogP contribution is -2.35. The summed E-state index contributed by atoms with van der Waals surface area (Å²) in [5, 5.41) is 11.1. The Labute approximate surface area is 154 Å².